The van der Waals surface area contributed by atoms with Gasteiger partial charge in [0.05, 0.1) is 25.6 Å². The highest BCUT2D eigenvalue weighted by Crippen LogP contribution is 2.42. The van der Waals surface area contributed by atoms with E-state index in [1.807, 2.05) is 42.5 Å². The molecule has 0 bridgehead atoms. The summed E-state index contributed by atoms with van der Waals surface area (Å²) in [6.07, 6.45) is 0. The van der Waals surface area contributed by atoms with Crippen LogP contribution in [0.1, 0.15) is 0 Å². The SMILES string of the molecule is COC(=O)C1=NN(c2cccc3ccccc23)[C@@H]2C(=O)N(c3ccccc3OC)C(=O)[C@@H]12. The van der Waals surface area contributed by atoms with Crippen LogP contribution >= 0.6 is 0 Å². The number of para-hydroxylation sites is 2. The second kappa shape index (κ2) is 7.49. The topological polar surface area (TPSA) is 88.5 Å². The van der Waals surface area contributed by atoms with Crippen molar-refractivity contribution in [2.24, 2.45) is 11.0 Å². The smallest absolute Gasteiger partial charge is 0.355 e. The quantitative estimate of drug-likeness (QED) is 0.468. The number of nitrogens with zero attached hydrogens (tertiary/aromatic N) is 3. The van der Waals surface area contributed by atoms with Crippen molar-refractivity contribution < 1.29 is 23.9 Å². The summed E-state index contributed by atoms with van der Waals surface area (Å²) >= 11 is 0. The van der Waals surface area contributed by atoms with Gasteiger partial charge in [0, 0.05) is 5.39 Å². The predicted octanol–water partition coefficient (Wildman–Crippen LogP) is 2.76. The number of hydrogen-bond acceptors (Lipinski definition) is 7. The highest BCUT2D eigenvalue weighted by molar-refractivity contribution is 6.47. The molecule has 1 saturated heterocycles. The number of benzene rings is 3. The van der Waals surface area contributed by atoms with E-state index in [0.29, 0.717) is 17.1 Å². The zero-order valence-electron chi connectivity index (χ0n) is 17.4. The van der Waals surface area contributed by atoms with Gasteiger partial charge in [0.2, 0.25) is 5.91 Å². The zero-order valence-corrected chi connectivity index (χ0v) is 17.4. The number of carbonyl (C=O) groups is 3. The molecule has 8 heteroatoms. The van der Waals surface area contributed by atoms with Crippen molar-refractivity contribution in [1.29, 1.82) is 0 Å². The average Bonchev–Trinajstić information content (AvgIpc) is 3.34. The van der Waals surface area contributed by atoms with Crippen LogP contribution in [0.3, 0.4) is 0 Å². The van der Waals surface area contributed by atoms with E-state index < -0.39 is 29.7 Å². The first-order valence-electron chi connectivity index (χ1n) is 10.0. The number of rotatable bonds is 4. The van der Waals surface area contributed by atoms with Gasteiger partial charge in [-0.3, -0.25) is 14.6 Å². The molecule has 0 unspecified atom stereocenters. The predicted molar refractivity (Wildman–Crippen MR) is 119 cm³/mol. The van der Waals surface area contributed by atoms with Gasteiger partial charge in [-0.1, -0.05) is 48.5 Å². The lowest BCUT2D eigenvalue weighted by molar-refractivity contribution is -0.133. The van der Waals surface area contributed by atoms with Gasteiger partial charge >= 0.3 is 5.97 Å². The number of amides is 2. The van der Waals surface area contributed by atoms with E-state index in [1.165, 1.54) is 19.2 Å². The van der Waals surface area contributed by atoms with Crippen molar-refractivity contribution in [1.82, 2.24) is 0 Å². The number of anilines is 2. The Morgan fingerprint density at radius 2 is 1.56 bits per heavy atom. The van der Waals surface area contributed by atoms with Gasteiger partial charge < -0.3 is 9.47 Å². The summed E-state index contributed by atoms with van der Waals surface area (Å²) in [4.78, 5) is 40.7. The number of hydrogen-bond donors (Lipinski definition) is 0. The number of hydrazone groups is 1. The molecular weight excluding hydrogens is 410 g/mol. The lowest BCUT2D eigenvalue weighted by Gasteiger charge is -2.24. The average molecular weight is 429 g/mol. The van der Waals surface area contributed by atoms with Crippen LogP contribution in [0, 0.1) is 5.92 Å². The molecular formula is C24H19N3O5. The molecule has 1 fully saturated rings. The molecule has 32 heavy (non-hydrogen) atoms. The third-order valence-corrected chi connectivity index (χ3v) is 5.78. The zero-order chi connectivity index (χ0) is 22.4. The van der Waals surface area contributed by atoms with E-state index in [4.69, 9.17) is 9.47 Å². The van der Waals surface area contributed by atoms with Crippen LogP contribution in [0.15, 0.2) is 71.8 Å². The maximum Gasteiger partial charge on any atom is 0.355 e. The highest BCUT2D eigenvalue weighted by atomic mass is 16.5. The fraction of sp³-hybridized carbons (Fsp3) is 0.167. The first-order valence-corrected chi connectivity index (χ1v) is 10.0. The minimum absolute atomic E-state index is 0.0961. The summed E-state index contributed by atoms with van der Waals surface area (Å²) < 4.78 is 10.2. The van der Waals surface area contributed by atoms with Crippen LogP contribution < -0.4 is 14.6 Å². The molecule has 0 aromatic heterocycles. The Morgan fingerprint density at radius 3 is 2.34 bits per heavy atom. The summed E-state index contributed by atoms with van der Waals surface area (Å²) in [6, 6.07) is 19.0. The lowest BCUT2D eigenvalue weighted by Crippen LogP contribution is -2.39. The van der Waals surface area contributed by atoms with Crippen LogP contribution in [0.5, 0.6) is 5.75 Å². The van der Waals surface area contributed by atoms with Gasteiger partial charge in [-0.05, 0) is 23.6 Å². The van der Waals surface area contributed by atoms with Crippen molar-refractivity contribution in [2.45, 2.75) is 6.04 Å². The largest absolute Gasteiger partial charge is 0.495 e. The first kappa shape index (κ1) is 19.7. The second-order valence-corrected chi connectivity index (χ2v) is 7.43. The number of fused-ring (bicyclic) bond motifs is 2. The Labute approximate surface area is 183 Å². The van der Waals surface area contributed by atoms with Crippen molar-refractivity contribution in [2.75, 3.05) is 24.1 Å². The molecule has 2 aliphatic heterocycles. The van der Waals surface area contributed by atoms with Crippen molar-refractivity contribution in [3.05, 3.63) is 66.7 Å². The second-order valence-electron chi connectivity index (χ2n) is 7.43. The van der Waals surface area contributed by atoms with Crippen LogP contribution in [-0.4, -0.2) is 43.8 Å². The Balaban J connectivity index is 1.68. The normalized spacial score (nSPS) is 19.9. The molecule has 2 atom stereocenters. The fourth-order valence-electron chi connectivity index (χ4n) is 4.35. The van der Waals surface area contributed by atoms with Gasteiger partial charge in [0.15, 0.2) is 5.71 Å². The number of methoxy groups -OCH3 is 2. The van der Waals surface area contributed by atoms with E-state index in [1.54, 1.807) is 24.3 Å². The number of imide groups is 1. The van der Waals surface area contributed by atoms with Gasteiger partial charge in [0.1, 0.15) is 17.7 Å². The molecule has 0 saturated carbocycles. The molecule has 5 rings (SSSR count). The number of esters is 1. The molecule has 8 nitrogen and oxygen atoms in total. The minimum Gasteiger partial charge on any atom is -0.495 e. The molecule has 2 aliphatic rings. The Morgan fingerprint density at radius 1 is 0.875 bits per heavy atom. The van der Waals surface area contributed by atoms with Crippen LogP contribution in [0.2, 0.25) is 0 Å². The Hall–Kier alpha value is -4.20. The van der Waals surface area contributed by atoms with Crippen LogP contribution in [-0.2, 0) is 19.1 Å². The van der Waals surface area contributed by atoms with E-state index in [0.717, 1.165) is 15.7 Å². The third-order valence-electron chi connectivity index (χ3n) is 5.78. The molecule has 3 aromatic carbocycles. The molecule has 2 amide bonds. The van der Waals surface area contributed by atoms with Crippen LogP contribution in [0.4, 0.5) is 11.4 Å². The van der Waals surface area contributed by atoms with Crippen molar-refractivity contribution >= 4 is 45.6 Å². The molecule has 0 spiro atoms. The molecule has 0 radical (unpaired) electrons. The summed E-state index contributed by atoms with van der Waals surface area (Å²) in [5, 5.41) is 7.67. The standard InChI is InChI=1S/C24H19N3O5/c1-31-18-13-6-5-11-17(18)26-22(28)19-20(24(30)32-2)25-27(21(19)23(26)29)16-12-7-9-14-8-3-4-10-15(14)16/h3-13,19,21H,1-2H3/t19-,21-/m0/s1. The van der Waals surface area contributed by atoms with Crippen molar-refractivity contribution in [3.63, 3.8) is 0 Å². The van der Waals surface area contributed by atoms with E-state index in [-0.39, 0.29) is 5.71 Å². The summed E-state index contributed by atoms with van der Waals surface area (Å²) in [5.41, 5.74) is 0.850. The number of carbonyl (C=O) groups excluding carboxylic acids is 3. The lowest BCUT2D eigenvalue weighted by atomic mass is 9.97. The summed E-state index contributed by atoms with van der Waals surface area (Å²) in [5.74, 6) is -2.48. The first-order chi connectivity index (χ1) is 15.6. The van der Waals surface area contributed by atoms with Gasteiger partial charge in [-0.25, -0.2) is 9.69 Å². The molecule has 3 aromatic rings. The minimum atomic E-state index is -1.08. The van der Waals surface area contributed by atoms with Crippen LogP contribution in [0.25, 0.3) is 10.8 Å². The molecule has 0 aliphatic carbocycles. The maximum atomic E-state index is 13.6. The fourth-order valence-corrected chi connectivity index (χ4v) is 4.35. The molecule has 2 heterocycles. The van der Waals surface area contributed by atoms with Gasteiger partial charge in [0.25, 0.3) is 5.91 Å². The number of ether oxygens (including phenoxy) is 2. The van der Waals surface area contributed by atoms with Crippen molar-refractivity contribution in [3.8, 4) is 5.75 Å². The van der Waals surface area contributed by atoms with Gasteiger partial charge in [-0.2, -0.15) is 5.10 Å². The maximum absolute atomic E-state index is 13.6. The van der Waals surface area contributed by atoms with E-state index in [9.17, 15) is 14.4 Å². The Kier molecular flexibility index (Phi) is 4.62. The monoisotopic (exact) mass is 429 g/mol. The summed E-state index contributed by atoms with van der Waals surface area (Å²) in [7, 11) is 2.69. The Bertz CT molecular complexity index is 1300. The van der Waals surface area contributed by atoms with Gasteiger partial charge in [-0.15, -0.1) is 0 Å². The van der Waals surface area contributed by atoms with E-state index in [2.05, 4.69) is 5.10 Å². The molecule has 160 valence electrons. The third kappa shape index (κ3) is 2.76. The summed E-state index contributed by atoms with van der Waals surface area (Å²) in [6.45, 7) is 0. The molecule has 0 N–H and O–H groups in total. The van der Waals surface area contributed by atoms with E-state index >= 15 is 0 Å². The highest BCUT2D eigenvalue weighted by Gasteiger charge is 2.59.